The summed E-state index contributed by atoms with van der Waals surface area (Å²) < 4.78 is 2.29. The van der Waals surface area contributed by atoms with Crippen molar-refractivity contribution in [2.75, 3.05) is 13.1 Å². The number of imidazole rings is 1. The molecule has 19 heavy (non-hydrogen) atoms. The molecule has 1 aromatic rings. The van der Waals surface area contributed by atoms with E-state index in [9.17, 15) is 4.79 Å². The normalized spacial score (nSPS) is 24.3. The molecule has 0 bridgehead atoms. The lowest BCUT2D eigenvalue weighted by Crippen LogP contribution is -2.33. The summed E-state index contributed by atoms with van der Waals surface area (Å²) in [6.07, 6.45) is 7.65. The maximum atomic E-state index is 12.4. The van der Waals surface area contributed by atoms with Gasteiger partial charge in [-0.2, -0.15) is 0 Å². The average Bonchev–Trinajstić information content (AvgIpc) is 3.10. The summed E-state index contributed by atoms with van der Waals surface area (Å²) in [7, 11) is 0. The second kappa shape index (κ2) is 4.99. The molecule has 1 saturated heterocycles. The second-order valence-electron chi connectivity index (χ2n) is 6.02. The molecule has 3 rings (SSSR count). The average molecular weight is 261 g/mol. The number of amides is 1. The van der Waals surface area contributed by atoms with Crippen LogP contribution in [-0.2, 0) is 4.79 Å². The zero-order valence-electron chi connectivity index (χ0n) is 11.9. The Morgan fingerprint density at radius 1 is 1.26 bits per heavy atom. The molecule has 1 aliphatic heterocycles. The van der Waals surface area contributed by atoms with Crippen molar-refractivity contribution in [1.29, 1.82) is 0 Å². The first-order valence-electron chi connectivity index (χ1n) is 7.46. The van der Waals surface area contributed by atoms with Gasteiger partial charge in [0.1, 0.15) is 5.82 Å². The quantitative estimate of drug-likeness (QED) is 0.820. The van der Waals surface area contributed by atoms with Crippen LogP contribution in [0.1, 0.15) is 49.7 Å². The van der Waals surface area contributed by atoms with Crippen LogP contribution in [0.5, 0.6) is 0 Å². The molecule has 104 valence electrons. The van der Waals surface area contributed by atoms with Crippen LogP contribution in [0.15, 0.2) is 6.20 Å². The summed E-state index contributed by atoms with van der Waals surface area (Å²) in [5.74, 6) is 1.77. The molecule has 4 nitrogen and oxygen atoms in total. The number of aryl methyl sites for hydroxylation is 2. The summed E-state index contributed by atoms with van der Waals surface area (Å²) in [6, 6.07) is 0.424. The molecule has 2 aliphatic rings. The van der Waals surface area contributed by atoms with Crippen molar-refractivity contribution in [3.63, 3.8) is 0 Å². The van der Waals surface area contributed by atoms with E-state index in [2.05, 4.69) is 28.3 Å². The fourth-order valence-corrected chi connectivity index (χ4v) is 3.70. The summed E-state index contributed by atoms with van der Waals surface area (Å²) in [6.45, 7) is 5.93. The third-order valence-electron chi connectivity index (χ3n) is 4.71. The third-order valence-corrected chi connectivity index (χ3v) is 4.71. The minimum Gasteiger partial charge on any atom is -0.340 e. The lowest BCUT2D eigenvalue weighted by molar-refractivity contribution is -0.134. The van der Waals surface area contributed by atoms with Gasteiger partial charge in [0.05, 0.1) is 6.04 Å². The zero-order valence-corrected chi connectivity index (χ0v) is 11.9. The minimum absolute atomic E-state index is 0.309. The zero-order chi connectivity index (χ0) is 13.4. The van der Waals surface area contributed by atoms with Gasteiger partial charge in [0.25, 0.3) is 0 Å². The van der Waals surface area contributed by atoms with Crippen LogP contribution in [0.3, 0.4) is 0 Å². The Morgan fingerprint density at radius 3 is 2.63 bits per heavy atom. The van der Waals surface area contributed by atoms with Gasteiger partial charge >= 0.3 is 0 Å². The Morgan fingerprint density at radius 2 is 2.00 bits per heavy atom. The van der Waals surface area contributed by atoms with Crippen LogP contribution < -0.4 is 0 Å². The first kappa shape index (κ1) is 12.7. The van der Waals surface area contributed by atoms with Gasteiger partial charge < -0.3 is 9.47 Å². The molecule has 0 spiro atoms. The van der Waals surface area contributed by atoms with E-state index in [1.165, 1.54) is 18.5 Å². The van der Waals surface area contributed by atoms with E-state index in [1.54, 1.807) is 0 Å². The summed E-state index contributed by atoms with van der Waals surface area (Å²) in [4.78, 5) is 18.9. The van der Waals surface area contributed by atoms with Gasteiger partial charge in [-0.1, -0.05) is 12.8 Å². The van der Waals surface area contributed by atoms with E-state index in [1.807, 2.05) is 6.20 Å². The van der Waals surface area contributed by atoms with Gasteiger partial charge in [0.15, 0.2) is 0 Å². The summed E-state index contributed by atoms with van der Waals surface area (Å²) in [5, 5.41) is 0. The predicted octanol–water partition coefficient (Wildman–Crippen LogP) is 2.46. The summed E-state index contributed by atoms with van der Waals surface area (Å²) in [5.41, 5.74) is 1.21. The Hall–Kier alpha value is -1.32. The number of hydrogen-bond acceptors (Lipinski definition) is 2. The first-order chi connectivity index (χ1) is 9.16. The second-order valence-corrected chi connectivity index (χ2v) is 6.02. The molecule has 2 heterocycles. The fourth-order valence-electron chi connectivity index (χ4n) is 3.70. The van der Waals surface area contributed by atoms with E-state index < -0.39 is 0 Å². The molecule has 1 atom stereocenters. The molecule has 0 aromatic carbocycles. The van der Waals surface area contributed by atoms with E-state index in [4.69, 9.17) is 0 Å². The van der Waals surface area contributed by atoms with E-state index in [0.717, 1.165) is 38.2 Å². The Labute approximate surface area is 114 Å². The monoisotopic (exact) mass is 261 g/mol. The molecular weight excluding hydrogens is 238 g/mol. The van der Waals surface area contributed by atoms with Gasteiger partial charge in [-0.15, -0.1) is 0 Å². The van der Waals surface area contributed by atoms with Crippen molar-refractivity contribution in [1.82, 2.24) is 14.5 Å². The summed E-state index contributed by atoms with van der Waals surface area (Å²) >= 11 is 0. The number of hydrogen-bond donors (Lipinski definition) is 0. The minimum atomic E-state index is 0.309. The van der Waals surface area contributed by atoms with Crippen molar-refractivity contribution >= 4 is 5.91 Å². The van der Waals surface area contributed by atoms with Gasteiger partial charge in [0.2, 0.25) is 5.91 Å². The molecule has 0 radical (unpaired) electrons. The standard InChI is InChI=1S/C15H23N3O/c1-11-9-16-12(2)18(11)14-7-8-17(10-14)15(19)13-5-3-4-6-13/h9,13-14H,3-8,10H2,1-2H3. The molecule has 1 unspecified atom stereocenters. The van der Waals surface area contributed by atoms with Crippen LogP contribution in [0.2, 0.25) is 0 Å². The predicted molar refractivity (Wildman–Crippen MR) is 73.9 cm³/mol. The van der Waals surface area contributed by atoms with E-state index in [-0.39, 0.29) is 0 Å². The number of rotatable bonds is 2. The van der Waals surface area contributed by atoms with Gasteiger partial charge in [-0.25, -0.2) is 4.98 Å². The topological polar surface area (TPSA) is 38.1 Å². The number of nitrogens with zero attached hydrogens (tertiary/aromatic N) is 3. The Balaban J connectivity index is 1.68. The molecule has 0 N–H and O–H groups in total. The number of carbonyl (C=O) groups is 1. The highest BCUT2D eigenvalue weighted by molar-refractivity contribution is 5.79. The van der Waals surface area contributed by atoms with Crippen molar-refractivity contribution in [2.24, 2.45) is 5.92 Å². The maximum absolute atomic E-state index is 12.4. The van der Waals surface area contributed by atoms with Gasteiger partial charge in [0, 0.05) is 30.9 Å². The van der Waals surface area contributed by atoms with Crippen molar-refractivity contribution in [3.05, 3.63) is 17.7 Å². The van der Waals surface area contributed by atoms with Crippen LogP contribution in [-0.4, -0.2) is 33.4 Å². The maximum Gasteiger partial charge on any atom is 0.225 e. The van der Waals surface area contributed by atoms with Crippen LogP contribution in [0.4, 0.5) is 0 Å². The smallest absolute Gasteiger partial charge is 0.225 e. The van der Waals surface area contributed by atoms with Crippen LogP contribution in [0, 0.1) is 19.8 Å². The van der Waals surface area contributed by atoms with Crippen molar-refractivity contribution < 1.29 is 4.79 Å². The Kier molecular flexibility index (Phi) is 3.33. The van der Waals surface area contributed by atoms with Crippen molar-refractivity contribution in [2.45, 2.75) is 52.0 Å². The van der Waals surface area contributed by atoms with E-state index >= 15 is 0 Å². The van der Waals surface area contributed by atoms with E-state index in [0.29, 0.717) is 17.9 Å². The molecule has 1 aliphatic carbocycles. The van der Waals surface area contributed by atoms with Gasteiger partial charge in [-0.05, 0) is 33.1 Å². The fraction of sp³-hybridized carbons (Fsp3) is 0.733. The highest BCUT2D eigenvalue weighted by atomic mass is 16.2. The molecule has 1 aromatic heterocycles. The lowest BCUT2D eigenvalue weighted by Gasteiger charge is -2.21. The molecule has 1 saturated carbocycles. The molecule has 1 amide bonds. The van der Waals surface area contributed by atoms with Crippen LogP contribution in [0.25, 0.3) is 0 Å². The number of aromatic nitrogens is 2. The lowest BCUT2D eigenvalue weighted by atomic mass is 10.1. The number of carbonyl (C=O) groups excluding carboxylic acids is 1. The highest BCUT2D eigenvalue weighted by Crippen LogP contribution is 2.30. The third kappa shape index (κ3) is 2.28. The largest absolute Gasteiger partial charge is 0.340 e. The molecular formula is C15H23N3O. The molecule has 4 heteroatoms. The molecule has 2 fully saturated rings. The first-order valence-corrected chi connectivity index (χ1v) is 7.46. The van der Waals surface area contributed by atoms with Gasteiger partial charge in [-0.3, -0.25) is 4.79 Å². The van der Waals surface area contributed by atoms with Crippen LogP contribution >= 0.6 is 0 Å². The van der Waals surface area contributed by atoms with Crippen molar-refractivity contribution in [3.8, 4) is 0 Å². The SMILES string of the molecule is Cc1cnc(C)n1C1CCN(C(=O)C2CCCC2)C1. The Bertz CT molecular complexity index is 454. The highest BCUT2D eigenvalue weighted by Gasteiger charge is 2.33. The number of likely N-dealkylation sites (tertiary alicyclic amines) is 1.